The van der Waals surface area contributed by atoms with Crippen molar-refractivity contribution < 1.29 is 14.3 Å². The first-order valence-corrected chi connectivity index (χ1v) is 9.77. The molecule has 1 fully saturated rings. The molecule has 2 heterocycles. The van der Waals surface area contributed by atoms with Crippen LogP contribution >= 0.6 is 0 Å². The molecule has 3 rings (SSSR count). The number of likely N-dealkylation sites (tertiary alicyclic amines) is 1. The number of hydrogen-bond acceptors (Lipinski definition) is 5. The molecular formula is C21H28N4O3. The molecule has 28 heavy (non-hydrogen) atoms. The number of amides is 1. The normalized spacial score (nSPS) is 16.5. The highest BCUT2D eigenvalue weighted by Gasteiger charge is 2.49. The van der Waals surface area contributed by atoms with E-state index in [9.17, 15) is 9.59 Å². The molecule has 150 valence electrons. The van der Waals surface area contributed by atoms with Crippen LogP contribution in [0.15, 0.2) is 48.8 Å². The number of piperidine rings is 1. The second-order valence-electron chi connectivity index (χ2n) is 7.05. The summed E-state index contributed by atoms with van der Waals surface area (Å²) in [5.74, 6) is -0.411. The van der Waals surface area contributed by atoms with Crippen LogP contribution in [0.25, 0.3) is 0 Å². The largest absolute Gasteiger partial charge is 0.467 e. The summed E-state index contributed by atoms with van der Waals surface area (Å²) in [5.41, 5.74) is -0.226. The zero-order valence-electron chi connectivity index (χ0n) is 16.6. The maximum atomic E-state index is 12.9. The summed E-state index contributed by atoms with van der Waals surface area (Å²) >= 11 is 0. The molecule has 0 unspecified atom stereocenters. The SMILES string of the molecule is CCC(=O)N(c1ccccc1)C1(C(=O)OC)CCN(CCn2cccn2)CC1. The van der Waals surface area contributed by atoms with Crippen molar-refractivity contribution in [3.8, 4) is 0 Å². The zero-order chi connectivity index (χ0) is 20.0. The van der Waals surface area contributed by atoms with E-state index in [1.807, 2.05) is 54.2 Å². The fourth-order valence-corrected chi connectivity index (χ4v) is 3.90. The van der Waals surface area contributed by atoms with Gasteiger partial charge in [0, 0.05) is 44.1 Å². The van der Waals surface area contributed by atoms with Gasteiger partial charge in [-0.1, -0.05) is 25.1 Å². The highest BCUT2D eigenvalue weighted by atomic mass is 16.5. The molecule has 0 saturated carbocycles. The highest BCUT2D eigenvalue weighted by Crippen LogP contribution is 2.35. The Balaban J connectivity index is 1.80. The molecule has 1 saturated heterocycles. The van der Waals surface area contributed by atoms with Gasteiger partial charge in [0.2, 0.25) is 5.91 Å². The first kappa shape index (κ1) is 20.1. The molecule has 0 spiro atoms. The van der Waals surface area contributed by atoms with Gasteiger partial charge in [-0.25, -0.2) is 4.79 Å². The zero-order valence-corrected chi connectivity index (χ0v) is 16.6. The number of para-hydroxylation sites is 1. The van der Waals surface area contributed by atoms with E-state index in [0.29, 0.717) is 19.3 Å². The van der Waals surface area contributed by atoms with E-state index in [0.717, 1.165) is 31.9 Å². The molecular weight excluding hydrogens is 356 g/mol. The summed E-state index contributed by atoms with van der Waals surface area (Å²) in [5, 5.41) is 4.24. The van der Waals surface area contributed by atoms with Crippen LogP contribution < -0.4 is 4.90 Å². The smallest absolute Gasteiger partial charge is 0.332 e. The fraction of sp³-hybridized carbons (Fsp3) is 0.476. The number of carbonyl (C=O) groups is 2. The first-order valence-electron chi connectivity index (χ1n) is 9.77. The molecule has 1 aromatic heterocycles. The Labute approximate surface area is 165 Å². The van der Waals surface area contributed by atoms with E-state index >= 15 is 0 Å². The number of ether oxygens (including phenoxy) is 1. The van der Waals surface area contributed by atoms with Crippen LogP contribution in [0.4, 0.5) is 5.69 Å². The van der Waals surface area contributed by atoms with Gasteiger partial charge in [0.15, 0.2) is 0 Å². The van der Waals surface area contributed by atoms with Crippen LogP contribution in [0.5, 0.6) is 0 Å². The molecule has 1 aromatic carbocycles. The van der Waals surface area contributed by atoms with Gasteiger partial charge in [0.1, 0.15) is 5.54 Å². The molecule has 7 heteroatoms. The monoisotopic (exact) mass is 384 g/mol. The van der Waals surface area contributed by atoms with Crippen LogP contribution in [-0.4, -0.2) is 58.8 Å². The summed E-state index contributed by atoms with van der Waals surface area (Å²) in [6.45, 7) is 4.91. The van der Waals surface area contributed by atoms with E-state index in [2.05, 4.69) is 10.00 Å². The lowest BCUT2D eigenvalue weighted by Gasteiger charge is -2.46. The van der Waals surface area contributed by atoms with Crippen LogP contribution in [0.1, 0.15) is 26.2 Å². The van der Waals surface area contributed by atoms with Crippen molar-refractivity contribution in [2.24, 2.45) is 0 Å². The molecule has 7 nitrogen and oxygen atoms in total. The minimum Gasteiger partial charge on any atom is -0.467 e. The topological polar surface area (TPSA) is 67.7 Å². The number of methoxy groups -OCH3 is 1. The lowest BCUT2D eigenvalue weighted by Crippen LogP contribution is -2.62. The second-order valence-corrected chi connectivity index (χ2v) is 7.05. The van der Waals surface area contributed by atoms with Crippen LogP contribution in [0.2, 0.25) is 0 Å². The van der Waals surface area contributed by atoms with Crippen LogP contribution in [-0.2, 0) is 20.9 Å². The molecule has 1 aliphatic rings. The van der Waals surface area contributed by atoms with Crippen molar-refractivity contribution in [2.75, 3.05) is 31.6 Å². The molecule has 0 bridgehead atoms. The third-order valence-corrected chi connectivity index (χ3v) is 5.45. The summed E-state index contributed by atoms with van der Waals surface area (Å²) < 4.78 is 7.08. The fourth-order valence-electron chi connectivity index (χ4n) is 3.90. The van der Waals surface area contributed by atoms with Crippen LogP contribution in [0, 0.1) is 0 Å². The van der Waals surface area contributed by atoms with Gasteiger partial charge in [-0.3, -0.25) is 14.4 Å². The molecule has 0 atom stereocenters. The van der Waals surface area contributed by atoms with Crippen molar-refractivity contribution in [1.29, 1.82) is 0 Å². The number of nitrogens with zero attached hydrogens (tertiary/aromatic N) is 4. The highest BCUT2D eigenvalue weighted by molar-refractivity contribution is 6.02. The number of rotatable bonds is 7. The van der Waals surface area contributed by atoms with Crippen molar-refractivity contribution in [3.05, 3.63) is 48.8 Å². The Bertz CT molecular complexity index is 768. The Morgan fingerprint density at radius 3 is 2.43 bits per heavy atom. The van der Waals surface area contributed by atoms with Gasteiger partial charge in [-0.2, -0.15) is 5.10 Å². The van der Waals surface area contributed by atoms with Crippen molar-refractivity contribution in [2.45, 2.75) is 38.3 Å². The number of aromatic nitrogens is 2. The first-order chi connectivity index (χ1) is 13.6. The quantitative estimate of drug-likeness (QED) is 0.686. The molecule has 2 aromatic rings. The molecule has 0 aliphatic carbocycles. The van der Waals surface area contributed by atoms with Crippen molar-refractivity contribution in [1.82, 2.24) is 14.7 Å². The number of esters is 1. The van der Waals surface area contributed by atoms with E-state index in [1.165, 1.54) is 7.11 Å². The predicted octanol–water partition coefficient (Wildman–Crippen LogP) is 2.33. The number of anilines is 1. The van der Waals surface area contributed by atoms with Gasteiger partial charge in [0.05, 0.1) is 13.7 Å². The lowest BCUT2D eigenvalue weighted by atomic mass is 9.84. The van der Waals surface area contributed by atoms with Crippen molar-refractivity contribution in [3.63, 3.8) is 0 Å². The van der Waals surface area contributed by atoms with Gasteiger partial charge >= 0.3 is 5.97 Å². The summed E-state index contributed by atoms with van der Waals surface area (Å²) in [6.07, 6.45) is 5.13. The van der Waals surface area contributed by atoms with E-state index in [1.54, 1.807) is 11.1 Å². The standard InChI is InChI=1S/C21H28N4O3/c1-3-19(26)25(18-8-5-4-6-9-18)21(20(27)28-2)10-14-23(15-11-21)16-17-24-13-7-12-22-24/h4-9,12-13H,3,10-11,14-17H2,1-2H3. The maximum absolute atomic E-state index is 12.9. The van der Waals surface area contributed by atoms with Gasteiger partial charge in [-0.05, 0) is 31.0 Å². The second kappa shape index (κ2) is 9.01. The minimum absolute atomic E-state index is 0.0680. The van der Waals surface area contributed by atoms with E-state index < -0.39 is 5.54 Å². The Morgan fingerprint density at radius 1 is 1.14 bits per heavy atom. The Morgan fingerprint density at radius 2 is 1.86 bits per heavy atom. The third-order valence-electron chi connectivity index (χ3n) is 5.45. The molecule has 0 N–H and O–H groups in total. The summed E-state index contributed by atoms with van der Waals surface area (Å²) in [6, 6.07) is 11.3. The molecule has 1 aliphatic heterocycles. The van der Waals surface area contributed by atoms with E-state index in [-0.39, 0.29) is 11.9 Å². The number of benzene rings is 1. The van der Waals surface area contributed by atoms with Crippen LogP contribution in [0.3, 0.4) is 0 Å². The number of hydrogen-bond donors (Lipinski definition) is 0. The van der Waals surface area contributed by atoms with Gasteiger partial charge in [-0.15, -0.1) is 0 Å². The van der Waals surface area contributed by atoms with Gasteiger partial charge in [0.25, 0.3) is 0 Å². The molecule has 0 radical (unpaired) electrons. The number of carbonyl (C=O) groups excluding carboxylic acids is 2. The average molecular weight is 384 g/mol. The lowest BCUT2D eigenvalue weighted by molar-refractivity contribution is -0.151. The third kappa shape index (κ3) is 4.09. The van der Waals surface area contributed by atoms with E-state index in [4.69, 9.17) is 4.74 Å². The van der Waals surface area contributed by atoms with Gasteiger partial charge < -0.3 is 9.64 Å². The Kier molecular flexibility index (Phi) is 6.46. The van der Waals surface area contributed by atoms with Crippen molar-refractivity contribution >= 4 is 17.6 Å². The summed E-state index contributed by atoms with van der Waals surface area (Å²) in [7, 11) is 1.40. The minimum atomic E-state index is -0.967. The Hall–Kier alpha value is -2.67. The summed E-state index contributed by atoms with van der Waals surface area (Å²) in [4.78, 5) is 29.8. The molecule has 1 amide bonds. The average Bonchev–Trinajstić information content (AvgIpc) is 3.27. The maximum Gasteiger partial charge on any atom is 0.332 e. The predicted molar refractivity (Wildman–Crippen MR) is 107 cm³/mol.